The summed E-state index contributed by atoms with van der Waals surface area (Å²) in [5.41, 5.74) is 5.61. The highest BCUT2D eigenvalue weighted by atomic mass is 32.1. The van der Waals surface area contributed by atoms with Gasteiger partial charge in [0.2, 0.25) is 0 Å². The Morgan fingerprint density at radius 1 is 1.24 bits per heavy atom. The number of hydrogen-bond acceptors (Lipinski definition) is 3. The van der Waals surface area contributed by atoms with Gasteiger partial charge in [-0.1, -0.05) is 13.8 Å². The van der Waals surface area contributed by atoms with Gasteiger partial charge in [0.1, 0.15) is 0 Å². The van der Waals surface area contributed by atoms with Crippen LogP contribution in [0.1, 0.15) is 42.9 Å². The minimum atomic E-state index is 0.463. The van der Waals surface area contributed by atoms with E-state index in [4.69, 9.17) is 10.5 Å². The van der Waals surface area contributed by atoms with Crippen molar-refractivity contribution >= 4 is 11.3 Å². The van der Waals surface area contributed by atoms with Crippen LogP contribution in [0.4, 0.5) is 0 Å². The third-order valence-electron chi connectivity index (χ3n) is 3.93. The molecule has 0 saturated heterocycles. The largest absolute Gasteiger partial charge is 0.373 e. The number of nitrogens with two attached hydrogens (primary N) is 1. The van der Waals surface area contributed by atoms with Gasteiger partial charge in [-0.2, -0.15) is 0 Å². The van der Waals surface area contributed by atoms with Gasteiger partial charge in [-0.15, -0.1) is 11.3 Å². The van der Waals surface area contributed by atoms with E-state index in [1.165, 1.54) is 29.0 Å². The molecule has 2 N–H and O–H groups in total. The molecule has 0 radical (unpaired) electrons. The summed E-state index contributed by atoms with van der Waals surface area (Å²) in [7, 11) is 0. The van der Waals surface area contributed by atoms with E-state index in [2.05, 4.69) is 26.0 Å². The fourth-order valence-corrected chi connectivity index (χ4v) is 3.28. The Kier molecular flexibility index (Phi) is 4.60. The highest BCUT2D eigenvalue weighted by Gasteiger charge is 2.24. The lowest BCUT2D eigenvalue weighted by Gasteiger charge is -2.31. The van der Waals surface area contributed by atoms with Crippen LogP contribution in [0.5, 0.6) is 0 Å². The Morgan fingerprint density at radius 3 is 2.65 bits per heavy atom. The molecular weight excluding hydrogens is 230 g/mol. The molecule has 1 fully saturated rings. The summed E-state index contributed by atoms with van der Waals surface area (Å²) in [6.45, 7) is 6.10. The van der Waals surface area contributed by atoms with Gasteiger partial charge >= 0.3 is 0 Å². The highest BCUT2D eigenvalue weighted by molar-refractivity contribution is 7.11. The minimum Gasteiger partial charge on any atom is -0.373 e. The predicted octanol–water partition coefficient (Wildman–Crippen LogP) is 3.55. The van der Waals surface area contributed by atoms with E-state index < -0.39 is 0 Å². The van der Waals surface area contributed by atoms with E-state index in [1.807, 2.05) is 0 Å². The molecule has 1 aliphatic carbocycles. The molecule has 2 nitrogen and oxygen atoms in total. The monoisotopic (exact) mass is 253 g/mol. The quantitative estimate of drug-likeness (QED) is 0.890. The van der Waals surface area contributed by atoms with Crippen molar-refractivity contribution in [2.45, 2.75) is 52.4 Å². The molecule has 2 rings (SSSR count). The topological polar surface area (TPSA) is 35.2 Å². The lowest BCUT2D eigenvalue weighted by molar-refractivity contribution is -0.00633. The third-order valence-corrected chi connectivity index (χ3v) is 5.01. The Hall–Kier alpha value is -0.380. The molecular formula is C14H23NOS. The molecule has 0 bridgehead atoms. The second-order valence-corrected chi connectivity index (χ2v) is 6.53. The van der Waals surface area contributed by atoms with Gasteiger partial charge in [0.15, 0.2) is 0 Å². The summed E-state index contributed by atoms with van der Waals surface area (Å²) in [6, 6.07) is 4.25. The lowest BCUT2D eigenvalue weighted by Crippen LogP contribution is -2.26. The van der Waals surface area contributed by atoms with Crippen LogP contribution in [0.3, 0.4) is 0 Å². The molecule has 1 heterocycles. The van der Waals surface area contributed by atoms with E-state index in [0.717, 1.165) is 18.4 Å². The van der Waals surface area contributed by atoms with Crippen LogP contribution >= 0.6 is 11.3 Å². The van der Waals surface area contributed by atoms with E-state index >= 15 is 0 Å². The summed E-state index contributed by atoms with van der Waals surface area (Å²) in [5, 5.41) is 0. The molecule has 1 saturated carbocycles. The molecule has 1 aliphatic rings. The van der Waals surface area contributed by atoms with Crippen LogP contribution in [-0.2, 0) is 17.9 Å². The minimum absolute atomic E-state index is 0.463. The van der Waals surface area contributed by atoms with Crippen LogP contribution < -0.4 is 5.73 Å². The smallest absolute Gasteiger partial charge is 0.0813 e. The van der Waals surface area contributed by atoms with Crippen molar-refractivity contribution < 1.29 is 4.74 Å². The second-order valence-electron chi connectivity index (χ2n) is 5.27. The molecule has 0 aromatic carbocycles. The maximum absolute atomic E-state index is 6.02. The zero-order valence-corrected chi connectivity index (χ0v) is 11.6. The van der Waals surface area contributed by atoms with Crippen molar-refractivity contribution in [2.75, 3.05) is 0 Å². The molecule has 17 heavy (non-hydrogen) atoms. The average molecular weight is 253 g/mol. The van der Waals surface area contributed by atoms with Crippen molar-refractivity contribution in [2.24, 2.45) is 17.6 Å². The first-order valence-electron chi connectivity index (χ1n) is 6.58. The number of rotatable bonds is 4. The van der Waals surface area contributed by atoms with Gasteiger partial charge in [-0.3, -0.25) is 0 Å². The Morgan fingerprint density at radius 2 is 2.00 bits per heavy atom. The zero-order valence-electron chi connectivity index (χ0n) is 10.8. The molecule has 1 aromatic heterocycles. The average Bonchev–Trinajstić information content (AvgIpc) is 2.79. The van der Waals surface area contributed by atoms with Gasteiger partial charge in [0.05, 0.1) is 12.7 Å². The van der Waals surface area contributed by atoms with E-state index in [9.17, 15) is 0 Å². The van der Waals surface area contributed by atoms with Gasteiger partial charge in [0.25, 0.3) is 0 Å². The van der Waals surface area contributed by atoms with Crippen LogP contribution in [-0.4, -0.2) is 6.10 Å². The van der Waals surface area contributed by atoms with E-state index in [0.29, 0.717) is 12.6 Å². The SMILES string of the molecule is CC1CCC(OCc2ccc(CN)s2)CC1C. The molecule has 0 aliphatic heterocycles. The number of hydrogen-bond donors (Lipinski definition) is 1. The molecule has 3 unspecified atom stereocenters. The van der Waals surface area contributed by atoms with Crippen LogP contribution in [0.25, 0.3) is 0 Å². The summed E-state index contributed by atoms with van der Waals surface area (Å²) >= 11 is 1.77. The van der Waals surface area contributed by atoms with Crippen LogP contribution in [0.15, 0.2) is 12.1 Å². The Balaban J connectivity index is 1.78. The highest BCUT2D eigenvalue weighted by Crippen LogP contribution is 2.31. The normalized spacial score (nSPS) is 29.5. The Bertz CT molecular complexity index is 350. The number of thiophene rings is 1. The first-order valence-corrected chi connectivity index (χ1v) is 7.40. The van der Waals surface area contributed by atoms with Gasteiger partial charge in [-0.05, 0) is 43.2 Å². The fraction of sp³-hybridized carbons (Fsp3) is 0.714. The van der Waals surface area contributed by atoms with Gasteiger partial charge in [0, 0.05) is 16.3 Å². The lowest BCUT2D eigenvalue weighted by atomic mass is 9.80. The maximum atomic E-state index is 6.02. The molecule has 3 heteroatoms. The first kappa shape index (κ1) is 13.1. The van der Waals surface area contributed by atoms with Crippen molar-refractivity contribution in [1.82, 2.24) is 0 Å². The fourth-order valence-electron chi connectivity index (χ4n) is 2.46. The summed E-state index contributed by atoms with van der Waals surface area (Å²) in [4.78, 5) is 2.55. The van der Waals surface area contributed by atoms with Crippen molar-refractivity contribution in [3.63, 3.8) is 0 Å². The molecule has 3 atom stereocenters. The Labute approximate surface area is 108 Å². The molecule has 1 aromatic rings. The summed E-state index contributed by atoms with van der Waals surface area (Å²) < 4.78 is 6.02. The second kappa shape index (κ2) is 5.98. The number of ether oxygens (including phenoxy) is 1. The molecule has 0 amide bonds. The van der Waals surface area contributed by atoms with Crippen LogP contribution in [0.2, 0.25) is 0 Å². The van der Waals surface area contributed by atoms with E-state index in [-0.39, 0.29) is 0 Å². The first-order chi connectivity index (χ1) is 8.19. The van der Waals surface area contributed by atoms with Crippen molar-refractivity contribution in [3.05, 3.63) is 21.9 Å². The van der Waals surface area contributed by atoms with Crippen molar-refractivity contribution in [1.29, 1.82) is 0 Å². The summed E-state index contributed by atoms with van der Waals surface area (Å²) in [5.74, 6) is 1.66. The van der Waals surface area contributed by atoms with E-state index in [1.54, 1.807) is 11.3 Å². The zero-order chi connectivity index (χ0) is 12.3. The maximum Gasteiger partial charge on any atom is 0.0813 e. The molecule has 96 valence electrons. The van der Waals surface area contributed by atoms with Crippen LogP contribution in [0, 0.1) is 11.8 Å². The third kappa shape index (κ3) is 3.54. The molecule has 0 spiro atoms. The van der Waals surface area contributed by atoms with Crippen molar-refractivity contribution in [3.8, 4) is 0 Å². The van der Waals surface area contributed by atoms with Gasteiger partial charge < -0.3 is 10.5 Å². The summed E-state index contributed by atoms with van der Waals surface area (Å²) in [6.07, 6.45) is 4.21. The van der Waals surface area contributed by atoms with Gasteiger partial charge in [-0.25, -0.2) is 0 Å². The standard InChI is InChI=1S/C14H23NOS/c1-10-3-4-12(7-11(10)2)16-9-14-6-5-13(8-15)17-14/h5-6,10-12H,3-4,7-9,15H2,1-2H3. The predicted molar refractivity (Wildman–Crippen MR) is 73.0 cm³/mol.